The number of hydrogen-bond acceptors (Lipinski definition) is 3. The number of aromatic nitrogens is 2. The second-order valence-corrected chi connectivity index (χ2v) is 5.35. The van der Waals surface area contributed by atoms with Crippen LogP contribution in [0.15, 0.2) is 30.7 Å². The molecule has 1 unspecified atom stereocenters. The Morgan fingerprint density at radius 1 is 1.23 bits per heavy atom. The second kappa shape index (κ2) is 7.25. The Morgan fingerprint density at radius 2 is 1.95 bits per heavy atom. The predicted molar refractivity (Wildman–Crippen MR) is 86.9 cm³/mol. The predicted octanol–water partition coefficient (Wildman–Crippen LogP) is 3.47. The van der Waals surface area contributed by atoms with Crippen molar-refractivity contribution in [2.75, 3.05) is 6.61 Å². The summed E-state index contributed by atoms with van der Waals surface area (Å²) in [6.45, 7) is 8.40. The van der Waals surface area contributed by atoms with Crippen LogP contribution in [0.2, 0.25) is 0 Å². The van der Waals surface area contributed by atoms with Crippen molar-refractivity contribution in [1.82, 2.24) is 9.55 Å². The molecule has 0 aliphatic carbocycles. The minimum absolute atomic E-state index is 0.244. The molecule has 1 aromatic carbocycles. The highest BCUT2D eigenvalue weighted by molar-refractivity contribution is 5.78. The van der Waals surface area contributed by atoms with Gasteiger partial charge in [-0.2, -0.15) is 0 Å². The zero-order valence-corrected chi connectivity index (χ0v) is 13.8. The molecule has 0 aliphatic rings. The van der Waals surface area contributed by atoms with Crippen LogP contribution >= 0.6 is 0 Å². The summed E-state index contributed by atoms with van der Waals surface area (Å²) in [5, 5.41) is 0. The van der Waals surface area contributed by atoms with E-state index in [4.69, 9.17) is 4.74 Å². The van der Waals surface area contributed by atoms with Gasteiger partial charge in [0.15, 0.2) is 6.04 Å². The van der Waals surface area contributed by atoms with Crippen LogP contribution < -0.4 is 0 Å². The molecule has 0 saturated carbocycles. The van der Waals surface area contributed by atoms with E-state index in [-0.39, 0.29) is 5.97 Å². The lowest BCUT2D eigenvalue weighted by atomic mass is 9.96. The molecule has 0 fully saturated rings. The summed E-state index contributed by atoms with van der Waals surface area (Å²) in [6.07, 6.45) is 5.52. The topological polar surface area (TPSA) is 44.1 Å². The van der Waals surface area contributed by atoms with E-state index < -0.39 is 6.04 Å². The van der Waals surface area contributed by atoms with Gasteiger partial charge in [0.2, 0.25) is 0 Å². The number of benzene rings is 1. The summed E-state index contributed by atoms with van der Waals surface area (Å²) in [6, 6.07) is 5.78. The van der Waals surface area contributed by atoms with E-state index in [1.807, 2.05) is 30.7 Å². The van der Waals surface area contributed by atoms with Crippen molar-refractivity contribution in [1.29, 1.82) is 0 Å². The molecular weight excluding hydrogens is 276 g/mol. The lowest BCUT2D eigenvalue weighted by Gasteiger charge is -2.19. The van der Waals surface area contributed by atoms with E-state index in [9.17, 15) is 4.79 Å². The number of carbonyl (C=O) groups excluding carboxylic acids is 1. The molecule has 0 spiro atoms. The van der Waals surface area contributed by atoms with Crippen LogP contribution in [0.1, 0.15) is 49.2 Å². The Labute approximate surface area is 132 Å². The summed E-state index contributed by atoms with van der Waals surface area (Å²) >= 11 is 0. The van der Waals surface area contributed by atoms with E-state index in [0.717, 1.165) is 24.1 Å². The van der Waals surface area contributed by atoms with Crippen LogP contribution in [-0.4, -0.2) is 22.1 Å². The molecular formula is C18H24N2O2. The van der Waals surface area contributed by atoms with Crippen LogP contribution in [0, 0.1) is 6.92 Å². The smallest absolute Gasteiger partial charge is 0.333 e. The van der Waals surface area contributed by atoms with Crippen LogP contribution in [0.25, 0.3) is 0 Å². The molecule has 118 valence electrons. The molecule has 1 aromatic heterocycles. The van der Waals surface area contributed by atoms with E-state index in [0.29, 0.717) is 6.61 Å². The number of nitrogens with zero attached hydrogens (tertiary/aromatic N) is 2. The van der Waals surface area contributed by atoms with E-state index in [1.165, 1.54) is 11.1 Å². The molecule has 1 heterocycles. The Balaban J connectivity index is 2.47. The van der Waals surface area contributed by atoms with Gasteiger partial charge in [0.1, 0.15) is 0 Å². The van der Waals surface area contributed by atoms with E-state index in [2.05, 4.69) is 31.0 Å². The Kier molecular flexibility index (Phi) is 5.36. The third-order valence-electron chi connectivity index (χ3n) is 3.85. The van der Waals surface area contributed by atoms with Crippen LogP contribution in [0.3, 0.4) is 0 Å². The number of aryl methyl sites for hydroxylation is 3. The van der Waals surface area contributed by atoms with Crippen LogP contribution in [0.4, 0.5) is 0 Å². The van der Waals surface area contributed by atoms with E-state index in [1.54, 1.807) is 6.33 Å². The van der Waals surface area contributed by atoms with Gasteiger partial charge in [-0.1, -0.05) is 32.0 Å². The summed E-state index contributed by atoms with van der Waals surface area (Å²) in [5.41, 5.74) is 4.45. The van der Waals surface area contributed by atoms with Crippen LogP contribution in [0.5, 0.6) is 0 Å². The van der Waals surface area contributed by atoms with E-state index >= 15 is 0 Å². The maximum absolute atomic E-state index is 12.4. The summed E-state index contributed by atoms with van der Waals surface area (Å²) in [5.74, 6) is -0.244. The van der Waals surface area contributed by atoms with Gasteiger partial charge in [-0.25, -0.2) is 9.78 Å². The third kappa shape index (κ3) is 3.38. The summed E-state index contributed by atoms with van der Waals surface area (Å²) < 4.78 is 7.09. The van der Waals surface area contributed by atoms with Gasteiger partial charge in [-0.05, 0) is 43.4 Å². The number of esters is 1. The molecule has 2 rings (SSSR count). The van der Waals surface area contributed by atoms with Crippen molar-refractivity contribution in [2.24, 2.45) is 0 Å². The van der Waals surface area contributed by atoms with Crippen molar-refractivity contribution in [3.05, 3.63) is 53.1 Å². The monoisotopic (exact) mass is 300 g/mol. The minimum Gasteiger partial charge on any atom is -0.464 e. The Bertz CT molecular complexity index is 646. The molecule has 22 heavy (non-hydrogen) atoms. The first-order valence-corrected chi connectivity index (χ1v) is 7.89. The number of carbonyl (C=O) groups is 1. The molecule has 1 atom stereocenters. The fraction of sp³-hybridized carbons (Fsp3) is 0.444. The maximum atomic E-state index is 12.4. The first-order valence-electron chi connectivity index (χ1n) is 7.89. The highest BCUT2D eigenvalue weighted by atomic mass is 16.5. The molecule has 2 aromatic rings. The Morgan fingerprint density at radius 3 is 2.50 bits per heavy atom. The Hall–Kier alpha value is -2.10. The third-order valence-corrected chi connectivity index (χ3v) is 3.85. The highest BCUT2D eigenvalue weighted by Crippen LogP contribution is 2.24. The first kappa shape index (κ1) is 16.3. The molecule has 0 saturated heterocycles. The zero-order valence-electron chi connectivity index (χ0n) is 13.8. The first-order chi connectivity index (χ1) is 10.6. The van der Waals surface area contributed by atoms with Gasteiger partial charge in [-0.15, -0.1) is 0 Å². The minimum atomic E-state index is -0.475. The lowest BCUT2D eigenvalue weighted by molar-refractivity contribution is -0.145. The number of hydrogen-bond donors (Lipinski definition) is 0. The largest absolute Gasteiger partial charge is 0.464 e. The molecule has 0 bridgehead atoms. The fourth-order valence-corrected chi connectivity index (χ4v) is 2.72. The average molecular weight is 300 g/mol. The quantitative estimate of drug-likeness (QED) is 0.767. The zero-order chi connectivity index (χ0) is 16.1. The fourth-order valence-electron chi connectivity index (χ4n) is 2.72. The lowest BCUT2D eigenvalue weighted by Crippen LogP contribution is -2.22. The highest BCUT2D eigenvalue weighted by Gasteiger charge is 2.24. The van der Waals surface area contributed by atoms with Gasteiger partial charge in [0.25, 0.3) is 0 Å². The van der Waals surface area contributed by atoms with Crippen LogP contribution in [-0.2, 0) is 22.4 Å². The SMILES string of the molecule is CCOC(=O)C(c1ccc(CC)c(CC)c1)n1cnc(C)c1. The molecule has 0 N–H and O–H groups in total. The van der Waals surface area contributed by atoms with Gasteiger partial charge < -0.3 is 9.30 Å². The number of rotatable bonds is 6. The number of imidazole rings is 1. The summed E-state index contributed by atoms with van der Waals surface area (Å²) in [4.78, 5) is 16.7. The average Bonchev–Trinajstić information content (AvgIpc) is 2.93. The van der Waals surface area contributed by atoms with Gasteiger partial charge in [0, 0.05) is 6.20 Å². The van der Waals surface area contributed by atoms with Crippen molar-refractivity contribution >= 4 is 5.97 Å². The molecule has 0 radical (unpaired) electrons. The van der Waals surface area contributed by atoms with Gasteiger partial charge in [0.05, 0.1) is 18.6 Å². The molecule has 0 amide bonds. The summed E-state index contributed by atoms with van der Waals surface area (Å²) in [7, 11) is 0. The standard InChI is InChI=1S/C18H24N2O2/c1-5-14-8-9-16(10-15(14)6-2)17(18(21)22-7-3)20-11-13(4)19-12-20/h8-12,17H,5-7H2,1-4H3. The molecule has 0 aliphatic heterocycles. The maximum Gasteiger partial charge on any atom is 0.333 e. The van der Waals surface area contributed by atoms with Crippen molar-refractivity contribution in [3.63, 3.8) is 0 Å². The molecule has 4 nitrogen and oxygen atoms in total. The second-order valence-electron chi connectivity index (χ2n) is 5.35. The van der Waals surface area contributed by atoms with Crippen molar-refractivity contribution in [3.8, 4) is 0 Å². The van der Waals surface area contributed by atoms with Gasteiger partial charge >= 0.3 is 5.97 Å². The van der Waals surface area contributed by atoms with Crippen molar-refractivity contribution in [2.45, 2.75) is 46.6 Å². The molecule has 4 heteroatoms. The van der Waals surface area contributed by atoms with Gasteiger partial charge in [-0.3, -0.25) is 0 Å². The van der Waals surface area contributed by atoms with Crippen molar-refractivity contribution < 1.29 is 9.53 Å². The normalized spacial score (nSPS) is 12.2. The number of ether oxygens (including phenoxy) is 1.